The molecule has 0 radical (unpaired) electrons. The molecule has 40 heavy (non-hydrogen) atoms. The van der Waals surface area contributed by atoms with Crippen LogP contribution in [0.25, 0.3) is 0 Å². The average Bonchev–Trinajstić information content (AvgIpc) is 2.97. The molecule has 0 aliphatic heterocycles. The van der Waals surface area contributed by atoms with E-state index in [-0.39, 0.29) is 0 Å². The molecule has 0 saturated heterocycles. The maximum atomic E-state index is 7.40. The van der Waals surface area contributed by atoms with Crippen molar-refractivity contribution in [3.8, 4) is 11.5 Å². The first-order valence-electron chi connectivity index (χ1n) is 14.8. The number of benzene rings is 4. The molecule has 0 aliphatic carbocycles. The van der Waals surface area contributed by atoms with Gasteiger partial charge in [0.1, 0.15) is 0 Å². The number of para-hydroxylation sites is 2. The van der Waals surface area contributed by atoms with Crippen molar-refractivity contribution >= 4 is 17.9 Å². The standard InChI is InChI=1S/C36H45O3P/c1-5-6-7-8-9-10-20-29-37-40(35-27-18-15-22-31(35)3,36-28-19-16-23-32(36)4,38-33-24-12-11-13-25-33)39-34-26-17-14-21-30(34)2/h11-19,21-28H,5-10,20,29H2,1-4H3. The zero-order chi connectivity index (χ0) is 28.3. The molecular weight excluding hydrogens is 511 g/mol. The van der Waals surface area contributed by atoms with E-state index in [2.05, 4.69) is 82.3 Å². The molecule has 0 atom stereocenters. The molecule has 0 N–H and O–H groups in total. The van der Waals surface area contributed by atoms with E-state index in [9.17, 15) is 0 Å². The number of rotatable bonds is 15. The predicted octanol–water partition coefficient (Wildman–Crippen LogP) is 9.79. The Morgan fingerprint density at radius 2 is 1.00 bits per heavy atom. The molecule has 4 aromatic carbocycles. The molecule has 0 spiro atoms. The van der Waals surface area contributed by atoms with Crippen LogP contribution in [0.2, 0.25) is 0 Å². The second kappa shape index (κ2) is 14.0. The van der Waals surface area contributed by atoms with Gasteiger partial charge < -0.3 is 0 Å². The molecule has 4 heteroatoms. The monoisotopic (exact) mass is 556 g/mol. The van der Waals surface area contributed by atoms with Gasteiger partial charge in [0.25, 0.3) is 0 Å². The number of unbranched alkanes of at least 4 members (excludes halogenated alkanes) is 6. The summed E-state index contributed by atoms with van der Waals surface area (Å²) in [5.41, 5.74) is 3.19. The molecule has 0 amide bonds. The van der Waals surface area contributed by atoms with E-state index in [1.807, 2.05) is 48.5 Å². The van der Waals surface area contributed by atoms with Crippen LogP contribution in [0.5, 0.6) is 11.5 Å². The molecule has 0 bridgehead atoms. The van der Waals surface area contributed by atoms with Gasteiger partial charge in [-0.25, -0.2) is 0 Å². The number of hydrogen-bond acceptors (Lipinski definition) is 3. The van der Waals surface area contributed by atoms with Gasteiger partial charge in [0, 0.05) is 0 Å². The van der Waals surface area contributed by atoms with Crippen LogP contribution < -0.4 is 19.7 Å². The normalized spacial score (nSPS) is 12.4. The third-order valence-corrected chi connectivity index (χ3v) is 11.9. The van der Waals surface area contributed by atoms with Gasteiger partial charge in [0.15, 0.2) is 0 Å². The van der Waals surface area contributed by atoms with Crippen molar-refractivity contribution in [2.75, 3.05) is 6.61 Å². The molecule has 3 nitrogen and oxygen atoms in total. The minimum atomic E-state index is -4.31. The van der Waals surface area contributed by atoms with Gasteiger partial charge in [0.2, 0.25) is 0 Å². The molecule has 0 aliphatic rings. The fourth-order valence-corrected chi connectivity index (χ4v) is 9.98. The molecule has 4 aromatic rings. The van der Waals surface area contributed by atoms with Gasteiger partial charge in [-0.2, -0.15) is 0 Å². The van der Waals surface area contributed by atoms with Crippen molar-refractivity contribution < 1.29 is 13.6 Å². The summed E-state index contributed by atoms with van der Waals surface area (Å²) in [7, 11) is -4.31. The molecule has 0 saturated carbocycles. The molecule has 212 valence electrons. The Morgan fingerprint density at radius 3 is 1.57 bits per heavy atom. The van der Waals surface area contributed by atoms with Crippen LogP contribution in [0, 0.1) is 20.8 Å². The second-order valence-corrected chi connectivity index (χ2v) is 14.0. The molecule has 0 aromatic heterocycles. The summed E-state index contributed by atoms with van der Waals surface area (Å²) >= 11 is 0. The van der Waals surface area contributed by atoms with Crippen molar-refractivity contribution in [3.05, 3.63) is 120 Å². The minimum absolute atomic E-state index is 0.535. The van der Waals surface area contributed by atoms with Crippen LogP contribution in [0.1, 0.15) is 68.6 Å². The SMILES string of the molecule is CCCCCCCCCOP(Oc1ccccc1)(Oc1ccccc1C)(c1ccccc1C)c1ccccc1C. The first-order chi connectivity index (χ1) is 19.5. The van der Waals surface area contributed by atoms with Gasteiger partial charge in [-0.1, -0.05) is 0 Å². The first-order valence-corrected chi connectivity index (χ1v) is 16.8. The third-order valence-electron chi connectivity index (χ3n) is 7.51. The van der Waals surface area contributed by atoms with Gasteiger partial charge in [-0.05, 0) is 0 Å². The topological polar surface area (TPSA) is 27.7 Å². The summed E-state index contributed by atoms with van der Waals surface area (Å²) in [6.45, 7) is 9.13. The Balaban J connectivity index is 1.92. The van der Waals surface area contributed by atoms with Crippen molar-refractivity contribution in [2.45, 2.75) is 72.6 Å². The van der Waals surface area contributed by atoms with Gasteiger partial charge >= 0.3 is 242 Å². The van der Waals surface area contributed by atoms with Gasteiger partial charge in [-0.15, -0.1) is 0 Å². The summed E-state index contributed by atoms with van der Waals surface area (Å²) in [4.78, 5) is 0. The van der Waals surface area contributed by atoms with Crippen molar-refractivity contribution in [1.82, 2.24) is 0 Å². The summed E-state index contributed by atoms with van der Waals surface area (Å²) < 4.78 is 22.1. The van der Waals surface area contributed by atoms with E-state index < -0.39 is 7.28 Å². The van der Waals surface area contributed by atoms with E-state index in [1.54, 1.807) is 0 Å². The van der Waals surface area contributed by atoms with Crippen molar-refractivity contribution in [3.63, 3.8) is 0 Å². The van der Waals surface area contributed by atoms with E-state index in [1.165, 1.54) is 32.1 Å². The fraction of sp³-hybridized carbons (Fsp3) is 0.333. The summed E-state index contributed by atoms with van der Waals surface area (Å²) in [6.07, 6.45) is 8.42. The molecule has 0 fully saturated rings. The molecule has 4 rings (SSSR count). The zero-order valence-corrected chi connectivity index (χ0v) is 25.5. The van der Waals surface area contributed by atoms with Crippen LogP contribution >= 0.6 is 7.28 Å². The Labute approximate surface area is 241 Å². The van der Waals surface area contributed by atoms with E-state index >= 15 is 0 Å². The predicted molar refractivity (Wildman–Crippen MR) is 171 cm³/mol. The van der Waals surface area contributed by atoms with Crippen LogP contribution in [0.3, 0.4) is 0 Å². The van der Waals surface area contributed by atoms with Crippen molar-refractivity contribution in [1.29, 1.82) is 0 Å². The maximum absolute atomic E-state index is 7.40. The van der Waals surface area contributed by atoms with E-state index in [0.717, 1.165) is 51.6 Å². The molecule has 0 unspecified atom stereocenters. The third kappa shape index (κ3) is 6.60. The number of aryl methyl sites for hydroxylation is 3. The first kappa shape index (κ1) is 29.8. The summed E-state index contributed by atoms with van der Waals surface area (Å²) in [5, 5.41) is 1.91. The van der Waals surface area contributed by atoms with Gasteiger partial charge in [0.05, 0.1) is 0 Å². The Kier molecular flexibility index (Phi) is 10.4. The quantitative estimate of drug-likeness (QED) is 0.108. The Bertz CT molecular complexity index is 1310. The van der Waals surface area contributed by atoms with Crippen LogP contribution in [-0.2, 0) is 4.52 Å². The fourth-order valence-electron chi connectivity index (χ4n) is 5.33. The van der Waals surface area contributed by atoms with Crippen LogP contribution in [-0.4, -0.2) is 6.61 Å². The molecular formula is C36H45O3P. The van der Waals surface area contributed by atoms with Gasteiger partial charge in [-0.3, -0.25) is 0 Å². The van der Waals surface area contributed by atoms with E-state index in [0.29, 0.717) is 6.61 Å². The van der Waals surface area contributed by atoms with Crippen LogP contribution in [0.15, 0.2) is 103 Å². The Morgan fingerprint density at radius 1 is 0.500 bits per heavy atom. The van der Waals surface area contributed by atoms with Crippen LogP contribution in [0.4, 0.5) is 0 Å². The average molecular weight is 557 g/mol. The Hall–Kier alpha value is -3.13. The zero-order valence-electron chi connectivity index (χ0n) is 24.6. The summed E-state index contributed by atoms with van der Waals surface area (Å²) in [5.74, 6) is 1.49. The van der Waals surface area contributed by atoms with Crippen molar-refractivity contribution in [2.24, 2.45) is 0 Å². The second-order valence-electron chi connectivity index (χ2n) is 10.7. The van der Waals surface area contributed by atoms with E-state index in [4.69, 9.17) is 13.6 Å². The number of hydrogen-bond donors (Lipinski definition) is 0. The molecule has 0 heterocycles. The summed E-state index contributed by atoms with van der Waals surface area (Å²) in [6, 6.07) is 34.9.